The van der Waals surface area contributed by atoms with Crippen LogP contribution in [0, 0.1) is 6.92 Å². The molecule has 5 nitrogen and oxygen atoms in total. The van der Waals surface area contributed by atoms with Gasteiger partial charge in [0.15, 0.2) is 11.6 Å². The van der Waals surface area contributed by atoms with E-state index < -0.39 is 0 Å². The lowest BCUT2D eigenvalue weighted by Gasteiger charge is -2.11. The van der Waals surface area contributed by atoms with Gasteiger partial charge in [0.2, 0.25) is 0 Å². The van der Waals surface area contributed by atoms with E-state index in [0.717, 1.165) is 47.7 Å². The van der Waals surface area contributed by atoms with E-state index in [0.29, 0.717) is 23.6 Å². The molecule has 1 heterocycles. The highest BCUT2D eigenvalue weighted by molar-refractivity contribution is 6.30. The van der Waals surface area contributed by atoms with Gasteiger partial charge in [-0.15, -0.1) is 0 Å². The maximum atomic E-state index is 12.8. The lowest BCUT2D eigenvalue weighted by Crippen LogP contribution is -2.24. The van der Waals surface area contributed by atoms with Gasteiger partial charge in [0, 0.05) is 29.1 Å². The van der Waals surface area contributed by atoms with Crippen molar-refractivity contribution < 1.29 is 4.79 Å². The standard InChI is InChI=1S/C28H29ClN4O/c1-3-26-31-27(25-19-23(29)16-15-20(25)2)33(32-26)24-14-9-13-22(18-24)28(34)30-17-8-7-12-21-10-5-4-6-11-21/h4-6,9-11,13-16,18-19H,3,7-8,12,17H2,1-2H3,(H,30,34). The number of hydrogen-bond acceptors (Lipinski definition) is 3. The molecule has 0 fully saturated rings. The average molecular weight is 473 g/mol. The van der Waals surface area contributed by atoms with Crippen LogP contribution in [0.15, 0.2) is 72.8 Å². The van der Waals surface area contributed by atoms with E-state index in [9.17, 15) is 4.79 Å². The van der Waals surface area contributed by atoms with Gasteiger partial charge in [-0.2, -0.15) is 5.10 Å². The van der Waals surface area contributed by atoms with Crippen LogP contribution in [-0.2, 0) is 12.8 Å². The second-order valence-corrected chi connectivity index (χ2v) is 8.76. The molecule has 0 unspecified atom stereocenters. The second-order valence-electron chi connectivity index (χ2n) is 8.33. The van der Waals surface area contributed by atoms with Crippen LogP contribution in [0.4, 0.5) is 0 Å². The maximum Gasteiger partial charge on any atom is 0.251 e. The van der Waals surface area contributed by atoms with Crippen LogP contribution in [0.25, 0.3) is 17.1 Å². The zero-order valence-electron chi connectivity index (χ0n) is 19.6. The molecule has 0 saturated carbocycles. The van der Waals surface area contributed by atoms with Gasteiger partial charge in [0.1, 0.15) is 0 Å². The third kappa shape index (κ3) is 5.72. The topological polar surface area (TPSA) is 59.8 Å². The molecule has 4 rings (SSSR count). The molecule has 1 aromatic heterocycles. The van der Waals surface area contributed by atoms with Gasteiger partial charge in [0.05, 0.1) is 5.69 Å². The number of carbonyl (C=O) groups is 1. The van der Waals surface area contributed by atoms with E-state index in [1.165, 1.54) is 5.56 Å². The first-order valence-corrected chi connectivity index (χ1v) is 12.1. The van der Waals surface area contributed by atoms with E-state index in [1.807, 2.05) is 62.4 Å². The SMILES string of the molecule is CCc1nc(-c2cc(Cl)ccc2C)n(-c2cccc(C(=O)NCCCCc3ccccc3)c2)n1. The van der Waals surface area contributed by atoms with Crippen molar-refractivity contribution in [3.05, 3.63) is 100 Å². The number of hydrogen-bond donors (Lipinski definition) is 1. The maximum absolute atomic E-state index is 12.8. The lowest BCUT2D eigenvalue weighted by atomic mass is 10.1. The third-order valence-electron chi connectivity index (χ3n) is 5.78. The number of benzene rings is 3. The summed E-state index contributed by atoms with van der Waals surface area (Å²) in [5.41, 5.74) is 4.70. The first-order chi connectivity index (χ1) is 16.5. The number of amides is 1. The Balaban J connectivity index is 1.47. The van der Waals surface area contributed by atoms with Crippen LogP contribution >= 0.6 is 11.6 Å². The second kappa shape index (κ2) is 11.1. The minimum absolute atomic E-state index is 0.0853. The molecule has 0 aliphatic rings. The molecule has 1 amide bonds. The molecule has 0 bridgehead atoms. The summed E-state index contributed by atoms with van der Waals surface area (Å²) >= 11 is 6.27. The Morgan fingerprint density at radius 3 is 2.62 bits per heavy atom. The largest absolute Gasteiger partial charge is 0.352 e. The Labute approximate surface area is 205 Å². The number of aryl methyl sites for hydroxylation is 3. The Hall–Kier alpha value is -3.44. The van der Waals surface area contributed by atoms with Crippen molar-refractivity contribution >= 4 is 17.5 Å². The highest BCUT2D eigenvalue weighted by atomic mass is 35.5. The minimum Gasteiger partial charge on any atom is -0.352 e. The Bertz CT molecular complexity index is 1270. The van der Waals surface area contributed by atoms with Crippen molar-refractivity contribution in [1.29, 1.82) is 0 Å². The lowest BCUT2D eigenvalue weighted by molar-refractivity contribution is 0.0953. The molecule has 0 saturated heterocycles. The quantitative estimate of drug-likeness (QED) is 0.294. The summed E-state index contributed by atoms with van der Waals surface area (Å²) in [4.78, 5) is 17.5. The molecule has 4 aromatic rings. The van der Waals surface area contributed by atoms with Gasteiger partial charge in [-0.1, -0.05) is 61.0 Å². The fourth-order valence-electron chi connectivity index (χ4n) is 3.88. The number of nitrogens with zero attached hydrogens (tertiary/aromatic N) is 3. The molecule has 0 aliphatic carbocycles. The molecule has 0 spiro atoms. The predicted octanol–water partition coefficient (Wildman–Crippen LogP) is 6.21. The fourth-order valence-corrected chi connectivity index (χ4v) is 4.05. The molecule has 0 atom stereocenters. The van der Waals surface area contributed by atoms with Crippen molar-refractivity contribution in [2.75, 3.05) is 6.54 Å². The number of nitrogens with one attached hydrogen (secondary N) is 1. The highest BCUT2D eigenvalue weighted by Gasteiger charge is 2.16. The summed E-state index contributed by atoms with van der Waals surface area (Å²) in [6.07, 6.45) is 3.69. The Kier molecular flexibility index (Phi) is 7.76. The van der Waals surface area contributed by atoms with Crippen LogP contribution in [0.5, 0.6) is 0 Å². The Morgan fingerprint density at radius 1 is 1.00 bits per heavy atom. The summed E-state index contributed by atoms with van der Waals surface area (Å²) in [5.74, 6) is 1.37. The van der Waals surface area contributed by atoms with Crippen LogP contribution in [0.1, 0.15) is 47.1 Å². The van der Waals surface area contributed by atoms with Crippen molar-refractivity contribution in [2.24, 2.45) is 0 Å². The molecule has 0 radical (unpaired) electrons. The number of aromatic nitrogens is 3. The van der Waals surface area contributed by atoms with Crippen LogP contribution in [0.2, 0.25) is 5.02 Å². The minimum atomic E-state index is -0.0853. The first kappa shape index (κ1) is 23.7. The molecular weight excluding hydrogens is 444 g/mol. The third-order valence-corrected chi connectivity index (χ3v) is 6.02. The van der Waals surface area contributed by atoms with Gasteiger partial charge in [-0.25, -0.2) is 9.67 Å². The van der Waals surface area contributed by atoms with Gasteiger partial charge in [0.25, 0.3) is 5.91 Å². The molecular formula is C28H29ClN4O. The van der Waals surface area contributed by atoms with E-state index in [4.69, 9.17) is 21.7 Å². The predicted molar refractivity (Wildman–Crippen MR) is 138 cm³/mol. The summed E-state index contributed by atoms with van der Waals surface area (Å²) < 4.78 is 1.80. The molecule has 6 heteroatoms. The molecule has 1 N–H and O–H groups in total. The van der Waals surface area contributed by atoms with Gasteiger partial charge < -0.3 is 5.32 Å². The van der Waals surface area contributed by atoms with Gasteiger partial charge in [-0.05, 0) is 67.6 Å². The van der Waals surface area contributed by atoms with Crippen molar-refractivity contribution in [3.63, 3.8) is 0 Å². The van der Waals surface area contributed by atoms with Crippen molar-refractivity contribution in [1.82, 2.24) is 20.1 Å². The van der Waals surface area contributed by atoms with E-state index in [2.05, 4.69) is 29.6 Å². The summed E-state index contributed by atoms with van der Waals surface area (Å²) in [7, 11) is 0. The van der Waals surface area contributed by atoms with E-state index in [-0.39, 0.29) is 5.91 Å². The van der Waals surface area contributed by atoms with Crippen LogP contribution in [-0.4, -0.2) is 27.2 Å². The molecule has 34 heavy (non-hydrogen) atoms. The van der Waals surface area contributed by atoms with Crippen molar-refractivity contribution in [3.8, 4) is 17.1 Å². The molecule has 0 aliphatic heterocycles. The monoisotopic (exact) mass is 472 g/mol. The summed E-state index contributed by atoms with van der Waals surface area (Å²) in [5, 5.41) is 8.38. The number of rotatable bonds is 9. The average Bonchev–Trinajstić information content (AvgIpc) is 3.30. The Morgan fingerprint density at radius 2 is 1.82 bits per heavy atom. The summed E-state index contributed by atoms with van der Waals surface area (Å²) in [6.45, 7) is 4.69. The van der Waals surface area contributed by atoms with Crippen LogP contribution < -0.4 is 5.32 Å². The van der Waals surface area contributed by atoms with Gasteiger partial charge >= 0.3 is 0 Å². The zero-order valence-corrected chi connectivity index (χ0v) is 20.3. The first-order valence-electron chi connectivity index (χ1n) is 11.7. The smallest absolute Gasteiger partial charge is 0.251 e. The van der Waals surface area contributed by atoms with E-state index in [1.54, 1.807) is 4.68 Å². The van der Waals surface area contributed by atoms with Crippen molar-refractivity contribution in [2.45, 2.75) is 39.5 Å². The van der Waals surface area contributed by atoms with E-state index >= 15 is 0 Å². The highest BCUT2D eigenvalue weighted by Crippen LogP contribution is 2.27. The molecule has 174 valence electrons. The number of halogens is 1. The summed E-state index contributed by atoms with van der Waals surface area (Å²) in [6, 6.07) is 23.7. The zero-order chi connectivity index (χ0) is 23.9. The number of carbonyl (C=O) groups excluding carboxylic acids is 1. The normalized spacial score (nSPS) is 10.9. The van der Waals surface area contributed by atoms with Crippen LogP contribution in [0.3, 0.4) is 0 Å². The fraction of sp³-hybridized carbons (Fsp3) is 0.250. The molecule has 3 aromatic carbocycles. The van der Waals surface area contributed by atoms with Gasteiger partial charge in [-0.3, -0.25) is 4.79 Å². The number of unbranched alkanes of at least 4 members (excludes halogenated alkanes) is 1.